The van der Waals surface area contributed by atoms with E-state index in [-0.39, 0.29) is 5.92 Å². The van der Waals surface area contributed by atoms with Crippen LogP contribution in [0.4, 0.5) is 5.82 Å². The first-order valence-electron chi connectivity index (χ1n) is 4.10. The average molecular weight is 215 g/mol. The van der Waals surface area contributed by atoms with Crippen molar-refractivity contribution in [1.29, 1.82) is 0 Å². The Bertz CT molecular complexity index is 340. The van der Waals surface area contributed by atoms with E-state index >= 15 is 0 Å². The van der Waals surface area contributed by atoms with Crippen LogP contribution < -0.4 is 5.48 Å². The molecule has 0 saturated heterocycles. The molecule has 0 radical (unpaired) electrons. The van der Waals surface area contributed by atoms with Crippen LogP contribution in [0.2, 0.25) is 5.15 Å². The topological polar surface area (TPSA) is 70.4 Å². The molecule has 0 saturated carbocycles. The zero-order chi connectivity index (χ0) is 10.6. The monoisotopic (exact) mass is 214 g/mol. The van der Waals surface area contributed by atoms with E-state index in [1.807, 2.05) is 13.8 Å². The number of aromatic nitrogens is 2. The second-order valence-electron chi connectivity index (χ2n) is 2.99. The van der Waals surface area contributed by atoms with Gasteiger partial charge in [0.1, 0.15) is 6.34 Å². The van der Waals surface area contributed by atoms with Gasteiger partial charge in [-0.1, -0.05) is 25.4 Å². The molecular weight excluding hydrogens is 204 g/mol. The van der Waals surface area contributed by atoms with Crippen molar-refractivity contribution in [3.8, 4) is 0 Å². The van der Waals surface area contributed by atoms with Crippen molar-refractivity contribution >= 4 is 23.8 Å². The molecule has 5 nitrogen and oxygen atoms in total. The summed E-state index contributed by atoms with van der Waals surface area (Å²) in [4.78, 5) is 3.79. The summed E-state index contributed by atoms with van der Waals surface area (Å²) in [6.45, 7) is 4.00. The zero-order valence-corrected chi connectivity index (χ0v) is 8.65. The predicted molar refractivity (Wildman–Crippen MR) is 54.2 cm³/mol. The first-order chi connectivity index (χ1) is 6.65. The van der Waals surface area contributed by atoms with Gasteiger partial charge in [-0.05, 0) is 17.5 Å². The molecule has 0 spiro atoms. The fourth-order valence-electron chi connectivity index (χ4n) is 0.943. The van der Waals surface area contributed by atoms with Crippen LogP contribution in [0.3, 0.4) is 0 Å². The van der Waals surface area contributed by atoms with Crippen molar-refractivity contribution in [3.05, 3.63) is 16.8 Å². The number of nitrogens with zero attached hydrogens (tertiary/aromatic N) is 3. The molecule has 0 aliphatic rings. The molecule has 0 bridgehead atoms. The largest absolute Gasteiger partial charge is 0.290 e. The molecule has 0 aromatic carbocycles. The van der Waals surface area contributed by atoms with Crippen LogP contribution in [0, 0.1) is 0 Å². The first-order valence-corrected chi connectivity index (χ1v) is 4.48. The quantitative estimate of drug-likeness (QED) is 0.458. The number of rotatable bonds is 3. The van der Waals surface area contributed by atoms with Gasteiger partial charge in [0.15, 0.2) is 11.0 Å². The highest BCUT2D eigenvalue weighted by Gasteiger charge is 2.07. The Morgan fingerprint density at radius 2 is 2.29 bits per heavy atom. The predicted octanol–water partition coefficient (Wildman–Crippen LogP) is 1.89. The number of nitrogens with one attached hydrogen (secondary N) is 1. The zero-order valence-electron chi connectivity index (χ0n) is 7.90. The van der Waals surface area contributed by atoms with Gasteiger partial charge in [-0.15, -0.1) is 10.2 Å². The second kappa shape index (κ2) is 4.88. The SMILES string of the molecule is CC(C)c1cc(N=CNO)nnc1Cl. The molecule has 1 aromatic rings. The summed E-state index contributed by atoms with van der Waals surface area (Å²) in [6.07, 6.45) is 1.11. The number of hydrogen-bond acceptors (Lipinski definition) is 4. The highest BCUT2D eigenvalue weighted by Crippen LogP contribution is 2.24. The molecular formula is C8H11ClN4O. The summed E-state index contributed by atoms with van der Waals surface area (Å²) in [6, 6.07) is 1.73. The van der Waals surface area contributed by atoms with Crippen LogP contribution in [0.15, 0.2) is 11.1 Å². The van der Waals surface area contributed by atoms with Crippen LogP contribution in [0.25, 0.3) is 0 Å². The molecule has 0 aliphatic heterocycles. The lowest BCUT2D eigenvalue weighted by Gasteiger charge is -2.06. The molecule has 14 heavy (non-hydrogen) atoms. The van der Waals surface area contributed by atoms with Gasteiger partial charge in [-0.25, -0.2) is 4.99 Å². The molecule has 1 aromatic heterocycles. The molecule has 6 heteroatoms. The summed E-state index contributed by atoms with van der Waals surface area (Å²) in [5.41, 5.74) is 2.67. The summed E-state index contributed by atoms with van der Waals surface area (Å²) in [7, 11) is 0. The fraction of sp³-hybridized carbons (Fsp3) is 0.375. The fourth-order valence-corrected chi connectivity index (χ4v) is 1.25. The van der Waals surface area contributed by atoms with E-state index in [9.17, 15) is 0 Å². The van der Waals surface area contributed by atoms with Gasteiger partial charge in [0.05, 0.1) is 0 Å². The normalized spacial score (nSPS) is 11.2. The number of hydrogen-bond donors (Lipinski definition) is 2. The van der Waals surface area contributed by atoms with Gasteiger partial charge in [0.25, 0.3) is 0 Å². The van der Waals surface area contributed by atoms with Crippen molar-refractivity contribution in [3.63, 3.8) is 0 Å². The van der Waals surface area contributed by atoms with E-state index in [0.717, 1.165) is 11.9 Å². The Labute approximate surface area is 86.8 Å². The van der Waals surface area contributed by atoms with Crippen molar-refractivity contribution in [2.24, 2.45) is 4.99 Å². The van der Waals surface area contributed by atoms with Crippen LogP contribution in [-0.4, -0.2) is 21.7 Å². The number of aliphatic imine (C=N–C) groups is 1. The van der Waals surface area contributed by atoms with Gasteiger partial charge in [0, 0.05) is 0 Å². The van der Waals surface area contributed by atoms with Crippen LogP contribution >= 0.6 is 11.6 Å². The maximum absolute atomic E-state index is 8.29. The smallest absolute Gasteiger partial charge is 0.176 e. The number of halogens is 1. The van der Waals surface area contributed by atoms with Gasteiger partial charge < -0.3 is 0 Å². The maximum Gasteiger partial charge on any atom is 0.176 e. The third kappa shape index (κ3) is 2.65. The molecule has 2 N–H and O–H groups in total. The molecule has 1 heterocycles. The number of hydroxylamine groups is 1. The summed E-state index contributed by atoms with van der Waals surface area (Å²) in [5, 5.41) is 16.1. The Hall–Kier alpha value is -1.20. The third-order valence-electron chi connectivity index (χ3n) is 1.64. The minimum absolute atomic E-state index is 0.258. The third-order valence-corrected chi connectivity index (χ3v) is 1.93. The van der Waals surface area contributed by atoms with Gasteiger partial charge in [-0.3, -0.25) is 10.7 Å². The van der Waals surface area contributed by atoms with E-state index in [4.69, 9.17) is 16.8 Å². The second-order valence-corrected chi connectivity index (χ2v) is 3.35. The lowest BCUT2D eigenvalue weighted by molar-refractivity contribution is 0.240. The van der Waals surface area contributed by atoms with Gasteiger partial charge in [-0.2, -0.15) is 0 Å². The summed E-state index contributed by atoms with van der Waals surface area (Å²) >= 11 is 5.83. The lowest BCUT2D eigenvalue weighted by Crippen LogP contribution is -2.01. The average Bonchev–Trinajstić information content (AvgIpc) is 2.16. The Balaban J connectivity index is 3.00. The molecule has 76 valence electrons. The molecule has 0 fully saturated rings. The summed E-state index contributed by atoms with van der Waals surface area (Å²) in [5.74, 6) is 0.661. The van der Waals surface area contributed by atoms with E-state index in [1.165, 1.54) is 0 Å². The molecule has 1 rings (SSSR count). The Morgan fingerprint density at radius 1 is 1.57 bits per heavy atom. The highest BCUT2D eigenvalue weighted by atomic mass is 35.5. The van der Waals surface area contributed by atoms with Crippen LogP contribution in [0.1, 0.15) is 25.3 Å². The van der Waals surface area contributed by atoms with E-state index in [2.05, 4.69) is 15.2 Å². The van der Waals surface area contributed by atoms with Crippen molar-refractivity contribution in [2.45, 2.75) is 19.8 Å². The van der Waals surface area contributed by atoms with E-state index in [0.29, 0.717) is 11.0 Å². The van der Waals surface area contributed by atoms with E-state index in [1.54, 1.807) is 11.5 Å². The summed E-state index contributed by atoms with van der Waals surface area (Å²) < 4.78 is 0. The highest BCUT2D eigenvalue weighted by molar-refractivity contribution is 6.30. The van der Waals surface area contributed by atoms with Crippen LogP contribution in [-0.2, 0) is 0 Å². The van der Waals surface area contributed by atoms with Gasteiger partial charge in [0.2, 0.25) is 0 Å². The first kappa shape index (κ1) is 10.9. The van der Waals surface area contributed by atoms with Gasteiger partial charge >= 0.3 is 0 Å². The standard InChI is InChI=1S/C8H11ClN4O/c1-5(2)6-3-7(10-4-11-14)12-13-8(6)9/h3-5,14H,1-2H3,(H,10,11,12). The van der Waals surface area contributed by atoms with Crippen molar-refractivity contribution in [2.75, 3.05) is 0 Å². The maximum atomic E-state index is 8.29. The molecule has 0 atom stereocenters. The molecule has 0 aliphatic carbocycles. The van der Waals surface area contributed by atoms with Crippen molar-refractivity contribution < 1.29 is 5.21 Å². The van der Waals surface area contributed by atoms with E-state index < -0.39 is 0 Å². The minimum atomic E-state index is 0.258. The molecule has 0 unspecified atom stereocenters. The lowest BCUT2D eigenvalue weighted by atomic mass is 10.1. The van der Waals surface area contributed by atoms with Crippen LogP contribution in [0.5, 0.6) is 0 Å². The Morgan fingerprint density at radius 3 is 2.86 bits per heavy atom. The Kier molecular flexibility index (Phi) is 3.79. The molecule has 0 amide bonds. The minimum Gasteiger partial charge on any atom is -0.290 e. The van der Waals surface area contributed by atoms with Crippen molar-refractivity contribution in [1.82, 2.24) is 15.7 Å².